The molecule has 0 unspecified atom stereocenters. The van der Waals surface area contributed by atoms with Crippen LogP contribution in [0.25, 0.3) is 10.9 Å². The van der Waals surface area contributed by atoms with Gasteiger partial charge in [-0.15, -0.1) is 0 Å². The van der Waals surface area contributed by atoms with Gasteiger partial charge in [0.2, 0.25) is 0 Å². The van der Waals surface area contributed by atoms with E-state index < -0.39 is 0 Å². The monoisotopic (exact) mass is 407 g/mol. The van der Waals surface area contributed by atoms with E-state index in [2.05, 4.69) is 21.9 Å². The zero-order valence-corrected chi connectivity index (χ0v) is 17.5. The van der Waals surface area contributed by atoms with E-state index in [-0.39, 0.29) is 5.71 Å². The second-order valence-electron chi connectivity index (χ2n) is 6.06. The third-order valence-electron chi connectivity index (χ3n) is 4.18. The fourth-order valence-corrected chi connectivity index (χ4v) is 2.86. The quantitative estimate of drug-likeness (QED) is 0.370. The number of halogens is 1. The Kier molecular flexibility index (Phi) is 8.37. The Morgan fingerprint density at radius 1 is 1.24 bits per heavy atom. The molecule has 0 fully saturated rings. The molecule has 2 heterocycles. The standard InChI is InChI=1S/C21H20ClN5.C2H6/c1-14(19(23)5-6-20(24)16-3-2-9-25-12-16)26-10-8-15-13-27-21-7-4-17(22)11-18(15)21;1-2/h2-7,9,11-13,23-24,26-27H,1,8,10H2;1-2H3/b6-5-,23-19?,24-20?;. The molecule has 0 saturated carbocycles. The summed E-state index contributed by atoms with van der Waals surface area (Å²) in [4.78, 5) is 7.22. The molecule has 5 nitrogen and oxygen atoms in total. The van der Waals surface area contributed by atoms with Crippen molar-refractivity contribution in [2.24, 2.45) is 0 Å². The topological polar surface area (TPSA) is 88.4 Å². The fraction of sp³-hybridized carbons (Fsp3) is 0.174. The van der Waals surface area contributed by atoms with E-state index in [0.717, 1.165) is 22.9 Å². The van der Waals surface area contributed by atoms with Gasteiger partial charge in [0, 0.05) is 46.6 Å². The lowest BCUT2D eigenvalue weighted by molar-refractivity contribution is 0.818. The van der Waals surface area contributed by atoms with Crippen molar-refractivity contribution in [2.45, 2.75) is 20.3 Å². The number of H-pyrrole nitrogens is 1. The number of nitrogens with one attached hydrogen (secondary N) is 4. The minimum Gasteiger partial charge on any atom is -0.383 e. The third kappa shape index (κ3) is 6.16. The Bertz CT molecular complexity index is 1020. The normalized spacial score (nSPS) is 10.4. The molecule has 4 N–H and O–H groups in total. The fourth-order valence-electron chi connectivity index (χ4n) is 2.69. The molecule has 0 bridgehead atoms. The molecule has 0 aliphatic carbocycles. The van der Waals surface area contributed by atoms with Gasteiger partial charge in [0.25, 0.3) is 0 Å². The van der Waals surface area contributed by atoms with Crippen molar-refractivity contribution < 1.29 is 0 Å². The van der Waals surface area contributed by atoms with Crippen molar-refractivity contribution in [3.63, 3.8) is 0 Å². The summed E-state index contributed by atoms with van der Waals surface area (Å²) in [5.41, 5.74) is 3.98. The van der Waals surface area contributed by atoms with Crippen LogP contribution in [0.15, 0.2) is 73.4 Å². The average molecular weight is 408 g/mol. The van der Waals surface area contributed by atoms with E-state index in [1.54, 1.807) is 30.6 Å². The summed E-state index contributed by atoms with van der Waals surface area (Å²) in [5, 5.41) is 21.1. The lowest BCUT2D eigenvalue weighted by Gasteiger charge is -2.08. The van der Waals surface area contributed by atoms with E-state index in [0.29, 0.717) is 28.5 Å². The average Bonchev–Trinajstić information content (AvgIpc) is 3.15. The highest BCUT2D eigenvalue weighted by atomic mass is 35.5. The number of benzene rings is 1. The van der Waals surface area contributed by atoms with Crippen LogP contribution in [-0.2, 0) is 6.42 Å². The van der Waals surface area contributed by atoms with Crippen LogP contribution in [0.3, 0.4) is 0 Å². The number of rotatable bonds is 8. The van der Waals surface area contributed by atoms with Gasteiger partial charge in [0.05, 0.1) is 17.1 Å². The number of allylic oxidation sites excluding steroid dienone is 2. The number of nitrogens with zero attached hydrogens (tertiary/aromatic N) is 1. The molecule has 3 rings (SSSR count). The van der Waals surface area contributed by atoms with Crippen molar-refractivity contribution >= 4 is 33.9 Å². The summed E-state index contributed by atoms with van der Waals surface area (Å²) in [6.45, 7) is 8.55. The van der Waals surface area contributed by atoms with Gasteiger partial charge in [-0.3, -0.25) is 10.4 Å². The first-order valence-electron chi connectivity index (χ1n) is 9.49. The highest BCUT2D eigenvalue weighted by Crippen LogP contribution is 2.22. The van der Waals surface area contributed by atoms with Gasteiger partial charge in [-0.25, -0.2) is 0 Å². The molecule has 0 radical (unpaired) electrons. The van der Waals surface area contributed by atoms with Crippen molar-refractivity contribution in [3.05, 3.63) is 89.5 Å². The largest absolute Gasteiger partial charge is 0.383 e. The maximum absolute atomic E-state index is 8.08. The van der Waals surface area contributed by atoms with Crippen molar-refractivity contribution in [2.75, 3.05) is 6.54 Å². The van der Waals surface area contributed by atoms with Crippen LogP contribution in [0.4, 0.5) is 0 Å². The molecule has 29 heavy (non-hydrogen) atoms. The van der Waals surface area contributed by atoms with Crippen LogP contribution in [0, 0.1) is 10.8 Å². The van der Waals surface area contributed by atoms with Crippen LogP contribution in [0.1, 0.15) is 25.0 Å². The summed E-state index contributed by atoms with van der Waals surface area (Å²) in [6.07, 6.45) is 9.19. The zero-order chi connectivity index (χ0) is 21.2. The highest BCUT2D eigenvalue weighted by Gasteiger charge is 2.05. The van der Waals surface area contributed by atoms with Crippen molar-refractivity contribution in [1.82, 2.24) is 15.3 Å². The first kappa shape index (κ1) is 22.1. The molecular weight excluding hydrogens is 382 g/mol. The maximum Gasteiger partial charge on any atom is 0.0765 e. The molecule has 0 atom stereocenters. The number of aromatic amines is 1. The molecule has 2 aromatic heterocycles. The van der Waals surface area contributed by atoms with E-state index in [9.17, 15) is 0 Å². The van der Waals surface area contributed by atoms with Gasteiger partial charge in [-0.05, 0) is 54.5 Å². The van der Waals surface area contributed by atoms with E-state index in [1.165, 1.54) is 0 Å². The van der Waals surface area contributed by atoms with E-state index in [4.69, 9.17) is 22.4 Å². The summed E-state index contributed by atoms with van der Waals surface area (Å²) >= 11 is 6.08. The van der Waals surface area contributed by atoms with Crippen LogP contribution in [0.2, 0.25) is 5.02 Å². The second kappa shape index (κ2) is 11.0. The number of pyridine rings is 1. The molecule has 150 valence electrons. The SMILES string of the molecule is C=C(NCCc1c[nH]c2ccc(Cl)cc12)C(=N)/C=C\C(=N)c1cccnc1.CC. The number of hydrogen-bond acceptors (Lipinski definition) is 4. The van der Waals surface area contributed by atoms with Crippen molar-refractivity contribution in [1.29, 1.82) is 10.8 Å². The molecule has 1 aromatic carbocycles. The number of hydrogen-bond donors (Lipinski definition) is 4. The molecule has 0 saturated heterocycles. The third-order valence-corrected chi connectivity index (χ3v) is 4.41. The first-order valence-corrected chi connectivity index (χ1v) is 9.86. The minimum atomic E-state index is 0.241. The maximum atomic E-state index is 8.08. The van der Waals surface area contributed by atoms with Crippen LogP contribution in [-0.4, -0.2) is 27.9 Å². The molecule has 3 aromatic rings. The summed E-state index contributed by atoms with van der Waals surface area (Å²) in [7, 11) is 0. The smallest absolute Gasteiger partial charge is 0.0765 e. The van der Waals surface area contributed by atoms with E-state index in [1.807, 2.05) is 44.3 Å². The van der Waals surface area contributed by atoms with Crippen molar-refractivity contribution in [3.8, 4) is 0 Å². The Morgan fingerprint density at radius 2 is 2.03 bits per heavy atom. The predicted octanol–water partition coefficient (Wildman–Crippen LogP) is 5.53. The first-order chi connectivity index (χ1) is 14.0. The zero-order valence-electron chi connectivity index (χ0n) is 16.7. The summed E-state index contributed by atoms with van der Waals surface area (Å²) in [6, 6.07) is 9.36. The lowest BCUT2D eigenvalue weighted by Crippen LogP contribution is -2.20. The molecule has 0 aliphatic rings. The summed E-state index contributed by atoms with van der Waals surface area (Å²) < 4.78 is 0. The Hall–Kier alpha value is -3.18. The van der Waals surface area contributed by atoms with Gasteiger partial charge < -0.3 is 15.7 Å². The Balaban J connectivity index is 0.00000145. The Morgan fingerprint density at radius 3 is 2.76 bits per heavy atom. The predicted molar refractivity (Wildman–Crippen MR) is 123 cm³/mol. The number of aromatic nitrogens is 2. The molecule has 6 heteroatoms. The molecule has 0 aliphatic heterocycles. The molecule has 0 spiro atoms. The molecule has 0 amide bonds. The van der Waals surface area contributed by atoms with Gasteiger partial charge in [-0.1, -0.05) is 32.0 Å². The van der Waals surface area contributed by atoms with Gasteiger partial charge >= 0.3 is 0 Å². The molecular formula is C23H26ClN5. The van der Waals surface area contributed by atoms with Crippen LogP contribution in [0.5, 0.6) is 0 Å². The Labute approximate surface area is 176 Å². The highest BCUT2D eigenvalue weighted by molar-refractivity contribution is 6.31. The van der Waals surface area contributed by atoms with Crippen LogP contribution < -0.4 is 5.32 Å². The summed E-state index contributed by atoms with van der Waals surface area (Å²) in [5.74, 6) is 0. The van der Waals surface area contributed by atoms with Gasteiger partial charge in [-0.2, -0.15) is 0 Å². The second-order valence-corrected chi connectivity index (χ2v) is 6.50. The number of fused-ring (bicyclic) bond motifs is 1. The minimum absolute atomic E-state index is 0.241. The van der Waals surface area contributed by atoms with Gasteiger partial charge in [0.1, 0.15) is 0 Å². The van der Waals surface area contributed by atoms with Crippen LogP contribution >= 0.6 is 11.6 Å². The van der Waals surface area contributed by atoms with Gasteiger partial charge in [0.15, 0.2) is 0 Å². The van der Waals surface area contributed by atoms with E-state index >= 15 is 0 Å². The lowest BCUT2D eigenvalue weighted by atomic mass is 10.1.